The van der Waals surface area contributed by atoms with Gasteiger partial charge in [0.15, 0.2) is 5.82 Å². The molecule has 0 aliphatic heterocycles. The zero-order valence-corrected chi connectivity index (χ0v) is 20.1. The number of aryl methyl sites for hydroxylation is 1. The van der Waals surface area contributed by atoms with Crippen LogP contribution in [0.1, 0.15) is 54.9 Å². The first-order valence-electron chi connectivity index (χ1n) is 9.83. The summed E-state index contributed by atoms with van der Waals surface area (Å²) >= 11 is 0. The molecule has 5 nitrogen and oxygen atoms in total. The molecule has 0 spiro atoms. The number of halogens is 3. The molecule has 2 heterocycles. The van der Waals surface area contributed by atoms with Gasteiger partial charge in [-0.3, -0.25) is 4.98 Å². The van der Waals surface area contributed by atoms with Crippen molar-refractivity contribution in [3.8, 4) is 0 Å². The molecule has 8 heteroatoms. The van der Waals surface area contributed by atoms with Gasteiger partial charge < -0.3 is 11.5 Å². The third-order valence-corrected chi connectivity index (χ3v) is 5.59. The van der Waals surface area contributed by atoms with Crippen LogP contribution in [0.2, 0.25) is 0 Å². The van der Waals surface area contributed by atoms with Crippen molar-refractivity contribution >= 4 is 60.3 Å². The van der Waals surface area contributed by atoms with Crippen LogP contribution < -0.4 is 11.5 Å². The molecular weight excluding hydrogens is 453 g/mol. The number of fused-ring (bicyclic) bond motifs is 1. The van der Waals surface area contributed by atoms with Crippen molar-refractivity contribution in [3.05, 3.63) is 65.4 Å². The monoisotopic (exact) mass is 481 g/mol. The molecule has 3 unspecified atom stereocenters. The van der Waals surface area contributed by atoms with Crippen LogP contribution in [-0.4, -0.2) is 26.5 Å². The summed E-state index contributed by atoms with van der Waals surface area (Å²) in [7, 11) is 0. The molecule has 3 atom stereocenters. The van der Waals surface area contributed by atoms with Gasteiger partial charge in [0.2, 0.25) is 0 Å². The lowest BCUT2D eigenvalue weighted by Gasteiger charge is -2.38. The van der Waals surface area contributed by atoms with Crippen LogP contribution in [-0.2, 0) is 0 Å². The Morgan fingerprint density at radius 2 is 1.84 bits per heavy atom. The van der Waals surface area contributed by atoms with E-state index in [4.69, 9.17) is 21.4 Å². The maximum absolute atomic E-state index is 6.56. The zero-order valence-electron chi connectivity index (χ0n) is 17.7. The number of nitrogens with zero attached hydrogens (tertiary/aromatic N) is 3. The predicted octanol–water partition coefficient (Wildman–Crippen LogP) is 5.08. The predicted molar refractivity (Wildman–Crippen MR) is 136 cm³/mol. The van der Waals surface area contributed by atoms with Gasteiger partial charge in [0.1, 0.15) is 0 Å². The first kappa shape index (κ1) is 27.3. The summed E-state index contributed by atoms with van der Waals surface area (Å²) in [4.78, 5) is 14.0. The molecule has 1 aliphatic rings. The molecule has 1 aromatic carbocycles. The van der Waals surface area contributed by atoms with Crippen LogP contribution in [0.25, 0.3) is 23.1 Å². The molecule has 2 aromatic heterocycles. The van der Waals surface area contributed by atoms with E-state index in [0.29, 0.717) is 5.82 Å². The van der Waals surface area contributed by atoms with Gasteiger partial charge in [-0.25, -0.2) is 9.97 Å². The summed E-state index contributed by atoms with van der Waals surface area (Å²) in [6.45, 7) is 4.18. The molecule has 1 aliphatic carbocycles. The highest BCUT2D eigenvalue weighted by Crippen LogP contribution is 2.38. The Morgan fingerprint density at radius 3 is 2.52 bits per heavy atom. The van der Waals surface area contributed by atoms with E-state index >= 15 is 0 Å². The maximum atomic E-state index is 6.56. The van der Waals surface area contributed by atoms with Crippen LogP contribution in [0.3, 0.4) is 0 Å². The molecule has 1 fully saturated rings. The van der Waals surface area contributed by atoms with E-state index in [-0.39, 0.29) is 54.7 Å². The summed E-state index contributed by atoms with van der Waals surface area (Å²) in [6, 6.07) is 12.1. The summed E-state index contributed by atoms with van der Waals surface area (Å²) in [5.41, 5.74) is 16.8. The fraction of sp³-hybridized carbons (Fsp3) is 0.348. The van der Waals surface area contributed by atoms with E-state index in [2.05, 4.69) is 37.0 Å². The highest BCUT2D eigenvalue weighted by molar-refractivity contribution is 5.86. The first-order valence-corrected chi connectivity index (χ1v) is 9.83. The maximum Gasteiger partial charge on any atom is 0.152 e. The molecule has 31 heavy (non-hydrogen) atoms. The Morgan fingerprint density at radius 1 is 1.06 bits per heavy atom. The average molecular weight is 483 g/mol. The zero-order chi connectivity index (χ0) is 19.7. The fourth-order valence-corrected chi connectivity index (χ4v) is 4.10. The van der Waals surface area contributed by atoms with Crippen molar-refractivity contribution in [1.29, 1.82) is 0 Å². The largest absolute Gasteiger partial charge is 0.327 e. The van der Waals surface area contributed by atoms with Crippen molar-refractivity contribution < 1.29 is 0 Å². The van der Waals surface area contributed by atoms with Crippen molar-refractivity contribution in [2.45, 2.75) is 50.6 Å². The van der Waals surface area contributed by atoms with E-state index < -0.39 is 0 Å². The van der Waals surface area contributed by atoms with Gasteiger partial charge in [-0.1, -0.05) is 17.7 Å². The highest BCUT2D eigenvalue weighted by Gasteiger charge is 2.35. The van der Waals surface area contributed by atoms with Gasteiger partial charge in [0, 0.05) is 29.1 Å². The molecule has 0 amide bonds. The number of hydrogen-bond donors (Lipinski definition) is 2. The lowest BCUT2D eigenvalue weighted by atomic mass is 9.73. The summed E-state index contributed by atoms with van der Waals surface area (Å²) in [6.07, 6.45) is 8.33. The number of hydrogen-bond acceptors (Lipinski definition) is 5. The third-order valence-electron chi connectivity index (χ3n) is 5.59. The van der Waals surface area contributed by atoms with Gasteiger partial charge in [-0.2, -0.15) is 0 Å². The highest BCUT2D eigenvalue weighted by atomic mass is 35.5. The van der Waals surface area contributed by atoms with Crippen molar-refractivity contribution in [2.75, 3.05) is 0 Å². The molecule has 1 saturated carbocycles. The summed E-state index contributed by atoms with van der Waals surface area (Å²) < 4.78 is 0. The molecular formula is C23H30Cl3N5. The van der Waals surface area contributed by atoms with Gasteiger partial charge in [0.05, 0.1) is 16.9 Å². The molecule has 3 aromatic rings. The van der Waals surface area contributed by atoms with E-state index in [1.807, 2.05) is 30.4 Å². The number of rotatable bonds is 3. The van der Waals surface area contributed by atoms with Crippen molar-refractivity contribution in [1.82, 2.24) is 15.0 Å². The minimum Gasteiger partial charge on any atom is -0.327 e. The number of pyridine rings is 1. The lowest BCUT2D eigenvalue weighted by molar-refractivity contribution is 0.261. The third kappa shape index (κ3) is 6.37. The second kappa shape index (κ2) is 11.2. The summed E-state index contributed by atoms with van der Waals surface area (Å²) in [5.74, 6) is 0.871. The van der Waals surface area contributed by atoms with Crippen LogP contribution in [0.4, 0.5) is 0 Å². The first-order chi connectivity index (χ1) is 13.4. The number of benzene rings is 1. The van der Waals surface area contributed by atoms with Crippen LogP contribution in [0.5, 0.6) is 0 Å². The number of nitrogens with two attached hydrogens (primary N) is 2. The molecule has 0 saturated heterocycles. The molecule has 4 N–H and O–H groups in total. The Balaban J connectivity index is 0.00000160. The Kier molecular flexibility index (Phi) is 9.86. The minimum absolute atomic E-state index is 0. The second-order valence-electron chi connectivity index (χ2n) is 8.24. The summed E-state index contributed by atoms with van der Waals surface area (Å²) in [5, 5.41) is 1.09. The van der Waals surface area contributed by atoms with Gasteiger partial charge in [0.25, 0.3) is 0 Å². The van der Waals surface area contributed by atoms with E-state index in [1.165, 1.54) is 5.56 Å². The second-order valence-corrected chi connectivity index (χ2v) is 8.24. The molecule has 4 rings (SSSR count). The Bertz CT molecular complexity index is 1020. The van der Waals surface area contributed by atoms with E-state index in [0.717, 1.165) is 41.6 Å². The van der Waals surface area contributed by atoms with Crippen LogP contribution >= 0.6 is 37.2 Å². The number of aromatic nitrogens is 3. The van der Waals surface area contributed by atoms with Crippen LogP contribution in [0, 0.1) is 6.92 Å². The van der Waals surface area contributed by atoms with Gasteiger partial charge >= 0.3 is 0 Å². The smallest absolute Gasteiger partial charge is 0.152 e. The van der Waals surface area contributed by atoms with Crippen molar-refractivity contribution in [2.24, 2.45) is 11.5 Å². The normalized spacial score (nSPS) is 23.0. The Hall–Kier alpha value is -1.76. The van der Waals surface area contributed by atoms with Crippen LogP contribution in [0.15, 0.2) is 42.6 Å². The standard InChI is InChI=1S/C23H27N5.3ClH/c1-15-6-8-20-18(13-15)22(17-10-11-23(2,25)14-19(17)24)28-21(27-20)9-7-16-5-3-4-12-26-16;;;/h3-9,12-13,17,19H,10-11,14,24-25H2,1-2H3;3*1H/b9-7-;;;. The SMILES string of the molecule is Cc1ccc2nc(/C=C\c3ccccn3)nc(C3CCC(C)(N)CC3N)c2c1.Cl.Cl.Cl. The topological polar surface area (TPSA) is 90.7 Å². The molecule has 168 valence electrons. The van der Waals surface area contributed by atoms with E-state index in [1.54, 1.807) is 6.20 Å². The fourth-order valence-electron chi connectivity index (χ4n) is 4.10. The van der Waals surface area contributed by atoms with E-state index in [9.17, 15) is 0 Å². The lowest BCUT2D eigenvalue weighted by Crippen LogP contribution is -2.49. The Labute approximate surface area is 202 Å². The van der Waals surface area contributed by atoms with Gasteiger partial charge in [-0.05, 0) is 69.5 Å². The molecule has 0 radical (unpaired) electrons. The van der Waals surface area contributed by atoms with Gasteiger partial charge in [-0.15, -0.1) is 37.2 Å². The van der Waals surface area contributed by atoms with Crippen molar-refractivity contribution in [3.63, 3.8) is 0 Å². The average Bonchev–Trinajstić information content (AvgIpc) is 2.66. The molecule has 0 bridgehead atoms. The minimum atomic E-state index is -0.198. The quantitative estimate of drug-likeness (QED) is 0.543.